The summed E-state index contributed by atoms with van der Waals surface area (Å²) in [5, 5.41) is 15.2. The predicted octanol–water partition coefficient (Wildman–Crippen LogP) is 2.43. The SMILES string of the molecule is CCCCOC(=O)NC(CC(=O)N[C@@H]1CCCC[C@H]1O)C(=O)OCc1ccccc1. The number of unbranched alkanes of at least 4 members (excludes halogenated alkanes) is 1. The lowest BCUT2D eigenvalue weighted by Gasteiger charge is -2.28. The van der Waals surface area contributed by atoms with E-state index >= 15 is 0 Å². The van der Waals surface area contributed by atoms with Gasteiger partial charge in [0.05, 0.1) is 25.2 Å². The second-order valence-electron chi connectivity index (χ2n) is 7.51. The van der Waals surface area contributed by atoms with Crippen molar-refractivity contribution in [1.29, 1.82) is 0 Å². The van der Waals surface area contributed by atoms with Crippen LogP contribution in [0.1, 0.15) is 57.4 Å². The smallest absolute Gasteiger partial charge is 0.407 e. The van der Waals surface area contributed by atoms with Gasteiger partial charge in [-0.1, -0.05) is 56.5 Å². The number of alkyl carbamates (subject to hydrolysis) is 1. The minimum atomic E-state index is -1.18. The molecule has 30 heavy (non-hydrogen) atoms. The molecule has 0 aromatic heterocycles. The fourth-order valence-electron chi connectivity index (χ4n) is 3.25. The summed E-state index contributed by atoms with van der Waals surface area (Å²) in [7, 11) is 0. The Morgan fingerprint density at radius 3 is 2.57 bits per heavy atom. The third kappa shape index (κ3) is 8.41. The standard InChI is InChI=1S/C22H32N2O6/c1-2-3-13-29-22(28)24-18(21(27)30-15-16-9-5-4-6-10-16)14-20(26)23-17-11-7-8-12-19(17)25/h4-6,9-10,17-19,25H,2-3,7-8,11-15H2,1H3,(H,23,26)(H,24,28)/t17-,18?,19-/m1/s1. The molecule has 8 nitrogen and oxygen atoms in total. The van der Waals surface area contributed by atoms with Gasteiger partial charge >= 0.3 is 12.1 Å². The third-order valence-electron chi connectivity index (χ3n) is 5.00. The molecule has 1 aromatic carbocycles. The number of rotatable bonds is 10. The third-order valence-corrected chi connectivity index (χ3v) is 5.00. The van der Waals surface area contributed by atoms with Crippen molar-refractivity contribution in [1.82, 2.24) is 10.6 Å². The monoisotopic (exact) mass is 420 g/mol. The molecule has 1 aliphatic rings. The Morgan fingerprint density at radius 1 is 1.13 bits per heavy atom. The van der Waals surface area contributed by atoms with Crippen molar-refractivity contribution in [3.8, 4) is 0 Å². The quantitative estimate of drug-likeness (QED) is 0.396. The Morgan fingerprint density at radius 2 is 1.87 bits per heavy atom. The van der Waals surface area contributed by atoms with Crippen molar-refractivity contribution in [2.45, 2.75) is 76.7 Å². The van der Waals surface area contributed by atoms with Crippen LogP contribution in [-0.4, -0.2) is 47.9 Å². The van der Waals surface area contributed by atoms with Crippen molar-refractivity contribution >= 4 is 18.0 Å². The normalized spacial score (nSPS) is 19.4. The Balaban J connectivity index is 1.93. The molecular formula is C22H32N2O6. The summed E-state index contributed by atoms with van der Waals surface area (Å²) in [6.07, 6.45) is 3.07. The first-order chi connectivity index (χ1) is 14.5. The number of carbonyl (C=O) groups is 3. The molecule has 1 aliphatic carbocycles. The summed E-state index contributed by atoms with van der Waals surface area (Å²) in [6.45, 7) is 2.23. The molecule has 3 N–H and O–H groups in total. The van der Waals surface area contributed by atoms with Gasteiger partial charge in [0.2, 0.25) is 5.91 Å². The number of aliphatic hydroxyl groups is 1. The van der Waals surface area contributed by atoms with Crippen LogP contribution in [0.5, 0.6) is 0 Å². The number of hydrogen-bond acceptors (Lipinski definition) is 6. The Bertz CT molecular complexity index is 681. The lowest BCUT2D eigenvalue weighted by atomic mass is 9.92. The van der Waals surface area contributed by atoms with Gasteiger partial charge in [0, 0.05) is 0 Å². The van der Waals surface area contributed by atoms with Crippen LogP contribution in [0, 0.1) is 0 Å². The summed E-state index contributed by atoms with van der Waals surface area (Å²) in [4.78, 5) is 37.0. The Kier molecular flexibility index (Phi) is 10.1. The molecule has 2 rings (SSSR count). The maximum atomic E-state index is 12.6. The number of esters is 1. The van der Waals surface area contributed by atoms with Gasteiger partial charge in [-0.05, 0) is 24.8 Å². The first-order valence-corrected chi connectivity index (χ1v) is 10.6. The van der Waals surface area contributed by atoms with Crippen LogP contribution in [-0.2, 0) is 25.7 Å². The first-order valence-electron chi connectivity index (χ1n) is 10.6. The van der Waals surface area contributed by atoms with E-state index in [2.05, 4.69) is 10.6 Å². The van der Waals surface area contributed by atoms with Crippen LogP contribution in [0.15, 0.2) is 30.3 Å². The number of aliphatic hydroxyl groups excluding tert-OH is 1. The van der Waals surface area contributed by atoms with Gasteiger partial charge < -0.3 is 25.2 Å². The fourth-order valence-corrected chi connectivity index (χ4v) is 3.25. The minimum Gasteiger partial charge on any atom is -0.459 e. The summed E-state index contributed by atoms with van der Waals surface area (Å²) in [5.41, 5.74) is 0.796. The zero-order valence-corrected chi connectivity index (χ0v) is 17.5. The predicted molar refractivity (Wildman–Crippen MR) is 110 cm³/mol. The topological polar surface area (TPSA) is 114 Å². The number of ether oxygens (including phenoxy) is 2. The van der Waals surface area contributed by atoms with Crippen molar-refractivity contribution < 1.29 is 29.0 Å². The van der Waals surface area contributed by atoms with E-state index in [4.69, 9.17) is 9.47 Å². The Hall–Kier alpha value is -2.61. The second kappa shape index (κ2) is 12.8. The molecule has 0 saturated heterocycles. The number of benzene rings is 1. The molecular weight excluding hydrogens is 388 g/mol. The van der Waals surface area contributed by atoms with Crippen molar-refractivity contribution in [3.63, 3.8) is 0 Å². The molecule has 0 aliphatic heterocycles. The van der Waals surface area contributed by atoms with Crippen LogP contribution < -0.4 is 10.6 Å². The summed E-state index contributed by atoms with van der Waals surface area (Å²) in [5.74, 6) is -1.15. The molecule has 1 fully saturated rings. The molecule has 0 radical (unpaired) electrons. The van der Waals surface area contributed by atoms with Gasteiger partial charge in [0.1, 0.15) is 12.6 Å². The summed E-state index contributed by atoms with van der Waals surface area (Å²) >= 11 is 0. The van der Waals surface area contributed by atoms with E-state index in [1.54, 1.807) is 0 Å². The van der Waals surface area contributed by atoms with Crippen LogP contribution in [0.25, 0.3) is 0 Å². The van der Waals surface area contributed by atoms with Gasteiger partial charge in [0.25, 0.3) is 0 Å². The molecule has 1 saturated carbocycles. The zero-order valence-electron chi connectivity index (χ0n) is 17.5. The van der Waals surface area contributed by atoms with E-state index in [1.807, 2.05) is 37.3 Å². The molecule has 2 amide bonds. The van der Waals surface area contributed by atoms with Crippen LogP contribution in [0.4, 0.5) is 4.79 Å². The zero-order chi connectivity index (χ0) is 21.8. The van der Waals surface area contributed by atoms with Crippen LogP contribution >= 0.6 is 0 Å². The molecule has 1 aromatic rings. The van der Waals surface area contributed by atoms with Gasteiger partial charge in [-0.25, -0.2) is 9.59 Å². The molecule has 0 spiro atoms. The molecule has 1 unspecified atom stereocenters. The molecule has 166 valence electrons. The largest absolute Gasteiger partial charge is 0.459 e. The van der Waals surface area contributed by atoms with E-state index in [-0.39, 0.29) is 25.7 Å². The molecule has 3 atom stereocenters. The lowest BCUT2D eigenvalue weighted by molar-refractivity contribution is -0.149. The fraction of sp³-hybridized carbons (Fsp3) is 0.591. The maximum Gasteiger partial charge on any atom is 0.407 e. The number of amides is 2. The molecule has 0 bridgehead atoms. The van der Waals surface area contributed by atoms with Crippen LogP contribution in [0.3, 0.4) is 0 Å². The van der Waals surface area contributed by atoms with Crippen molar-refractivity contribution in [2.75, 3.05) is 6.61 Å². The number of hydrogen-bond donors (Lipinski definition) is 3. The van der Waals surface area contributed by atoms with E-state index in [1.165, 1.54) is 0 Å². The highest BCUT2D eigenvalue weighted by Gasteiger charge is 2.29. The van der Waals surface area contributed by atoms with E-state index < -0.39 is 30.1 Å². The summed E-state index contributed by atoms with van der Waals surface area (Å²) < 4.78 is 10.3. The lowest BCUT2D eigenvalue weighted by Crippen LogP contribution is -2.49. The van der Waals surface area contributed by atoms with E-state index in [9.17, 15) is 19.5 Å². The van der Waals surface area contributed by atoms with Crippen molar-refractivity contribution in [3.05, 3.63) is 35.9 Å². The number of carbonyl (C=O) groups excluding carboxylic acids is 3. The first kappa shape index (κ1) is 23.7. The highest BCUT2D eigenvalue weighted by Crippen LogP contribution is 2.18. The highest BCUT2D eigenvalue weighted by atomic mass is 16.6. The van der Waals surface area contributed by atoms with Crippen molar-refractivity contribution in [2.24, 2.45) is 0 Å². The average Bonchev–Trinajstić information content (AvgIpc) is 2.74. The van der Waals surface area contributed by atoms with Gasteiger partial charge in [-0.2, -0.15) is 0 Å². The minimum absolute atomic E-state index is 0.0334. The second-order valence-corrected chi connectivity index (χ2v) is 7.51. The van der Waals surface area contributed by atoms with E-state index in [0.29, 0.717) is 19.3 Å². The highest BCUT2D eigenvalue weighted by molar-refractivity contribution is 5.88. The average molecular weight is 421 g/mol. The van der Waals surface area contributed by atoms with E-state index in [0.717, 1.165) is 24.8 Å². The molecule has 0 heterocycles. The molecule has 8 heteroatoms. The Labute approximate surface area is 177 Å². The van der Waals surface area contributed by atoms with Crippen LogP contribution in [0.2, 0.25) is 0 Å². The maximum absolute atomic E-state index is 12.6. The van der Waals surface area contributed by atoms with Gasteiger partial charge in [0.15, 0.2) is 0 Å². The summed E-state index contributed by atoms with van der Waals surface area (Å²) in [6, 6.07) is 7.61. The number of nitrogens with one attached hydrogen (secondary N) is 2. The van der Waals surface area contributed by atoms with Gasteiger partial charge in [-0.3, -0.25) is 4.79 Å². The van der Waals surface area contributed by atoms with Gasteiger partial charge in [-0.15, -0.1) is 0 Å².